The minimum atomic E-state index is -0.277. The summed E-state index contributed by atoms with van der Waals surface area (Å²) in [5.41, 5.74) is 0.794. The molecule has 0 spiro atoms. The van der Waals surface area contributed by atoms with Gasteiger partial charge in [-0.3, -0.25) is 9.79 Å². The molecule has 0 aromatic heterocycles. The van der Waals surface area contributed by atoms with Crippen molar-refractivity contribution in [1.29, 1.82) is 0 Å². The normalized spacial score (nSPS) is 16.2. The van der Waals surface area contributed by atoms with Crippen molar-refractivity contribution in [2.24, 2.45) is 10.4 Å². The summed E-state index contributed by atoms with van der Waals surface area (Å²) in [4.78, 5) is 21.0. The van der Waals surface area contributed by atoms with Gasteiger partial charge in [0.15, 0.2) is 5.96 Å². The van der Waals surface area contributed by atoms with Crippen molar-refractivity contribution in [3.8, 4) is 0 Å². The molecule has 1 aliphatic rings. The zero-order valence-corrected chi connectivity index (χ0v) is 16.6. The highest BCUT2D eigenvalue weighted by atomic mass is 35.5. The number of nitrogens with one attached hydrogen (secondary N) is 1. The summed E-state index contributed by atoms with van der Waals surface area (Å²) in [6.07, 6.45) is 0. The van der Waals surface area contributed by atoms with Gasteiger partial charge in [-0.25, -0.2) is 0 Å². The molecule has 0 saturated carbocycles. The smallest absolute Gasteiger partial charge is 0.242 e. The molecular weight excluding hydrogens is 352 g/mol. The summed E-state index contributed by atoms with van der Waals surface area (Å²) in [6.45, 7) is 9.52. The van der Waals surface area contributed by atoms with E-state index in [0.29, 0.717) is 31.2 Å². The number of nitrogens with zero attached hydrogens (tertiary/aromatic N) is 3. The number of aliphatic hydroxyl groups is 1. The summed E-state index contributed by atoms with van der Waals surface area (Å²) in [6, 6.07) is 7.59. The van der Waals surface area contributed by atoms with E-state index < -0.39 is 0 Å². The highest BCUT2D eigenvalue weighted by Crippen LogP contribution is 2.16. The molecule has 6 nitrogen and oxygen atoms in total. The highest BCUT2D eigenvalue weighted by Gasteiger charge is 2.26. The number of aliphatic hydroxyl groups excluding tert-OH is 1. The zero-order chi connectivity index (χ0) is 19.2. The van der Waals surface area contributed by atoms with Crippen LogP contribution in [-0.2, 0) is 11.3 Å². The van der Waals surface area contributed by atoms with Crippen LogP contribution in [0.25, 0.3) is 0 Å². The number of piperazine rings is 1. The van der Waals surface area contributed by atoms with E-state index in [-0.39, 0.29) is 17.9 Å². The van der Waals surface area contributed by atoms with E-state index in [1.165, 1.54) is 0 Å². The first-order valence-corrected chi connectivity index (χ1v) is 9.39. The van der Waals surface area contributed by atoms with Gasteiger partial charge in [-0.15, -0.1) is 0 Å². The fourth-order valence-electron chi connectivity index (χ4n) is 2.63. The van der Waals surface area contributed by atoms with Crippen molar-refractivity contribution in [2.75, 3.05) is 39.3 Å². The molecule has 0 atom stereocenters. The second-order valence-electron chi connectivity index (χ2n) is 7.36. The van der Waals surface area contributed by atoms with E-state index in [1.807, 2.05) is 54.8 Å². The molecule has 7 heteroatoms. The minimum Gasteiger partial charge on any atom is -0.396 e. The van der Waals surface area contributed by atoms with Crippen LogP contribution in [0.15, 0.2) is 29.3 Å². The predicted octanol–water partition coefficient (Wildman–Crippen LogP) is 1.97. The van der Waals surface area contributed by atoms with Crippen LogP contribution >= 0.6 is 11.6 Å². The fraction of sp³-hybridized carbons (Fsp3) is 0.579. The van der Waals surface area contributed by atoms with Crippen molar-refractivity contribution in [2.45, 2.75) is 27.3 Å². The first kappa shape index (κ1) is 20.5. The predicted molar refractivity (Wildman–Crippen MR) is 105 cm³/mol. The SMILES string of the molecule is CCNC(=NCC(C)(C)CO)N1CCN(Cc2ccc(Cl)cc2)C(=O)C1. The molecule has 1 aromatic rings. The molecule has 144 valence electrons. The molecule has 1 aromatic carbocycles. The van der Waals surface area contributed by atoms with Crippen molar-refractivity contribution < 1.29 is 9.90 Å². The Morgan fingerprint density at radius 2 is 2.00 bits per heavy atom. The van der Waals surface area contributed by atoms with Gasteiger partial charge in [-0.05, 0) is 24.6 Å². The number of hydrogen-bond acceptors (Lipinski definition) is 3. The number of halogens is 1. The third-order valence-corrected chi connectivity index (χ3v) is 4.58. The Labute approximate surface area is 160 Å². The van der Waals surface area contributed by atoms with Gasteiger partial charge < -0.3 is 20.2 Å². The molecule has 0 radical (unpaired) electrons. The lowest BCUT2D eigenvalue weighted by atomic mass is 9.95. The second-order valence-corrected chi connectivity index (χ2v) is 7.79. The van der Waals surface area contributed by atoms with Crippen LogP contribution < -0.4 is 5.32 Å². The highest BCUT2D eigenvalue weighted by molar-refractivity contribution is 6.30. The Hall–Kier alpha value is -1.79. The van der Waals surface area contributed by atoms with Gasteiger partial charge in [0.05, 0.1) is 13.1 Å². The minimum absolute atomic E-state index is 0.0731. The first-order valence-electron chi connectivity index (χ1n) is 9.01. The monoisotopic (exact) mass is 380 g/mol. The second kappa shape index (κ2) is 9.24. The molecule has 0 aliphatic carbocycles. The Kier molecular flexibility index (Phi) is 7.29. The van der Waals surface area contributed by atoms with E-state index in [0.717, 1.165) is 24.6 Å². The van der Waals surface area contributed by atoms with E-state index in [9.17, 15) is 9.90 Å². The maximum Gasteiger partial charge on any atom is 0.242 e. The van der Waals surface area contributed by atoms with E-state index >= 15 is 0 Å². The number of benzene rings is 1. The average molecular weight is 381 g/mol. The summed E-state index contributed by atoms with van der Waals surface area (Å²) >= 11 is 5.92. The van der Waals surface area contributed by atoms with E-state index in [1.54, 1.807) is 0 Å². The largest absolute Gasteiger partial charge is 0.396 e. The standard InChI is InChI=1S/C19H29ClN4O2/c1-4-21-18(22-13-19(2,3)14-25)24-10-9-23(17(26)12-24)11-15-5-7-16(20)8-6-15/h5-8,25H,4,9-14H2,1-3H3,(H,21,22). The summed E-state index contributed by atoms with van der Waals surface area (Å²) in [5, 5.41) is 13.4. The Morgan fingerprint density at radius 3 is 2.58 bits per heavy atom. The van der Waals surface area contributed by atoms with Gasteiger partial charge in [0.1, 0.15) is 0 Å². The van der Waals surface area contributed by atoms with Crippen molar-refractivity contribution >= 4 is 23.5 Å². The van der Waals surface area contributed by atoms with Crippen molar-refractivity contribution in [3.05, 3.63) is 34.9 Å². The fourth-order valence-corrected chi connectivity index (χ4v) is 2.76. The van der Waals surface area contributed by atoms with Crippen LogP contribution in [-0.4, -0.2) is 66.1 Å². The Bertz CT molecular complexity index is 631. The molecule has 1 saturated heterocycles. The molecule has 2 N–H and O–H groups in total. The summed E-state index contributed by atoms with van der Waals surface area (Å²) in [7, 11) is 0. The number of rotatable bonds is 6. The average Bonchev–Trinajstić information content (AvgIpc) is 2.62. The van der Waals surface area contributed by atoms with Gasteiger partial charge in [-0.1, -0.05) is 37.6 Å². The third kappa shape index (κ3) is 5.88. The van der Waals surface area contributed by atoms with Crippen LogP contribution in [0.4, 0.5) is 0 Å². The third-order valence-electron chi connectivity index (χ3n) is 4.32. The van der Waals surface area contributed by atoms with Gasteiger partial charge in [0.25, 0.3) is 0 Å². The zero-order valence-electron chi connectivity index (χ0n) is 15.8. The summed E-state index contributed by atoms with van der Waals surface area (Å²) < 4.78 is 0. The number of amides is 1. The molecule has 0 unspecified atom stereocenters. The topological polar surface area (TPSA) is 68.2 Å². The number of aliphatic imine (C=N–C) groups is 1. The van der Waals surface area contributed by atoms with Crippen LogP contribution in [0.1, 0.15) is 26.3 Å². The van der Waals surface area contributed by atoms with E-state index in [4.69, 9.17) is 11.6 Å². The maximum atomic E-state index is 12.6. The lowest BCUT2D eigenvalue weighted by Crippen LogP contribution is -2.55. The molecular formula is C19H29ClN4O2. The lowest BCUT2D eigenvalue weighted by molar-refractivity contribution is -0.135. The number of carbonyl (C=O) groups is 1. The first-order chi connectivity index (χ1) is 12.3. The van der Waals surface area contributed by atoms with E-state index in [2.05, 4.69) is 10.3 Å². The Balaban J connectivity index is 1.99. The number of guanidine groups is 1. The number of hydrogen-bond donors (Lipinski definition) is 2. The van der Waals surface area contributed by atoms with Crippen molar-refractivity contribution in [3.63, 3.8) is 0 Å². The molecule has 2 rings (SSSR count). The molecule has 1 amide bonds. The number of carbonyl (C=O) groups excluding carboxylic acids is 1. The van der Waals surface area contributed by atoms with Crippen LogP contribution in [0.3, 0.4) is 0 Å². The molecule has 0 bridgehead atoms. The molecule has 1 fully saturated rings. The van der Waals surface area contributed by atoms with Gasteiger partial charge in [0.2, 0.25) is 5.91 Å². The quantitative estimate of drug-likeness (QED) is 0.585. The molecule has 1 aliphatic heterocycles. The molecule has 26 heavy (non-hydrogen) atoms. The maximum absolute atomic E-state index is 12.6. The van der Waals surface area contributed by atoms with Gasteiger partial charge in [-0.2, -0.15) is 0 Å². The molecule has 1 heterocycles. The van der Waals surface area contributed by atoms with Crippen LogP contribution in [0.2, 0.25) is 5.02 Å². The van der Waals surface area contributed by atoms with Gasteiger partial charge >= 0.3 is 0 Å². The van der Waals surface area contributed by atoms with Gasteiger partial charge in [0, 0.05) is 43.2 Å². The van der Waals surface area contributed by atoms with Crippen LogP contribution in [0.5, 0.6) is 0 Å². The van der Waals surface area contributed by atoms with Crippen LogP contribution in [0, 0.1) is 5.41 Å². The Morgan fingerprint density at radius 1 is 1.31 bits per heavy atom. The lowest BCUT2D eigenvalue weighted by Gasteiger charge is -2.36. The van der Waals surface area contributed by atoms with Crippen molar-refractivity contribution in [1.82, 2.24) is 15.1 Å². The summed E-state index contributed by atoms with van der Waals surface area (Å²) in [5.74, 6) is 0.812.